The summed E-state index contributed by atoms with van der Waals surface area (Å²) in [4.78, 5) is 21.2. The average Bonchev–Trinajstić information content (AvgIpc) is 3.26. The Morgan fingerprint density at radius 2 is 1.96 bits per heavy atom. The van der Waals surface area contributed by atoms with Crippen LogP contribution >= 0.6 is 0 Å². The lowest BCUT2D eigenvalue weighted by Crippen LogP contribution is -2.27. The van der Waals surface area contributed by atoms with Crippen LogP contribution in [0.4, 0.5) is 0 Å². The van der Waals surface area contributed by atoms with Crippen molar-refractivity contribution < 1.29 is 4.79 Å². The number of aromatic nitrogens is 4. The van der Waals surface area contributed by atoms with Crippen molar-refractivity contribution in [1.29, 1.82) is 0 Å². The number of benzene rings is 1. The van der Waals surface area contributed by atoms with Crippen LogP contribution in [0.25, 0.3) is 17.0 Å². The Balaban J connectivity index is 1.42. The van der Waals surface area contributed by atoms with E-state index >= 15 is 0 Å². The minimum atomic E-state index is -0.0755. The summed E-state index contributed by atoms with van der Waals surface area (Å²) in [5, 5.41) is 2.93. The van der Waals surface area contributed by atoms with Gasteiger partial charge in [-0.25, -0.2) is 9.97 Å². The van der Waals surface area contributed by atoms with Gasteiger partial charge in [0.2, 0.25) is 5.91 Å². The molecule has 1 aromatic carbocycles. The summed E-state index contributed by atoms with van der Waals surface area (Å²) in [5.41, 5.74) is 3.86. The number of imidazole rings is 2. The van der Waals surface area contributed by atoms with Gasteiger partial charge in [0, 0.05) is 30.4 Å². The summed E-state index contributed by atoms with van der Waals surface area (Å²) in [6, 6.07) is 13.8. The molecule has 3 aromatic heterocycles. The van der Waals surface area contributed by atoms with Crippen LogP contribution < -0.4 is 5.32 Å². The molecular weight excluding hydrogens is 326 g/mol. The Kier molecular flexibility index (Phi) is 4.23. The van der Waals surface area contributed by atoms with Crippen molar-refractivity contribution >= 4 is 11.6 Å². The van der Waals surface area contributed by atoms with Crippen molar-refractivity contribution in [2.75, 3.05) is 0 Å². The quantitative estimate of drug-likeness (QED) is 0.605. The number of pyridine rings is 1. The molecule has 0 bridgehead atoms. The minimum absolute atomic E-state index is 0.0755. The Morgan fingerprint density at radius 1 is 1.12 bits per heavy atom. The molecule has 0 spiro atoms. The van der Waals surface area contributed by atoms with E-state index in [1.54, 1.807) is 6.20 Å². The van der Waals surface area contributed by atoms with Crippen LogP contribution in [0.5, 0.6) is 0 Å². The molecule has 26 heavy (non-hydrogen) atoms. The van der Waals surface area contributed by atoms with Gasteiger partial charge in [-0.1, -0.05) is 36.4 Å². The van der Waals surface area contributed by atoms with Crippen LogP contribution in [-0.4, -0.2) is 24.8 Å². The highest BCUT2D eigenvalue weighted by atomic mass is 16.1. The van der Waals surface area contributed by atoms with Gasteiger partial charge in [0.1, 0.15) is 18.0 Å². The first-order valence-electron chi connectivity index (χ1n) is 8.46. The zero-order valence-corrected chi connectivity index (χ0v) is 14.5. The largest absolute Gasteiger partial charge is 0.349 e. The number of fused-ring (bicyclic) bond motifs is 1. The van der Waals surface area contributed by atoms with Crippen molar-refractivity contribution in [2.24, 2.45) is 0 Å². The highest BCUT2D eigenvalue weighted by molar-refractivity contribution is 5.76. The molecule has 4 aromatic rings. The third kappa shape index (κ3) is 3.35. The number of hydrogen-bond donors (Lipinski definition) is 1. The van der Waals surface area contributed by atoms with Crippen molar-refractivity contribution in [1.82, 2.24) is 24.3 Å². The second-order valence-corrected chi connectivity index (χ2v) is 6.23. The van der Waals surface area contributed by atoms with Crippen molar-refractivity contribution in [3.63, 3.8) is 0 Å². The summed E-state index contributed by atoms with van der Waals surface area (Å²) in [6.07, 6.45) is 7.48. The Labute approximate surface area is 151 Å². The molecule has 4 rings (SSSR count). The van der Waals surface area contributed by atoms with Gasteiger partial charge >= 0.3 is 0 Å². The van der Waals surface area contributed by atoms with E-state index in [1.165, 1.54) is 5.56 Å². The first kappa shape index (κ1) is 16.1. The van der Waals surface area contributed by atoms with Gasteiger partial charge in [-0.3, -0.25) is 4.79 Å². The number of rotatable bonds is 5. The van der Waals surface area contributed by atoms with E-state index in [1.807, 2.05) is 76.9 Å². The maximum absolute atomic E-state index is 12.3. The number of aryl methyl sites for hydroxylation is 1. The molecule has 0 fully saturated rings. The summed E-state index contributed by atoms with van der Waals surface area (Å²) in [5.74, 6) is 0.706. The number of nitrogens with zero attached hydrogens (tertiary/aromatic N) is 4. The van der Waals surface area contributed by atoms with E-state index in [0.29, 0.717) is 6.54 Å². The SMILES string of the molecule is Cc1ccc2nc(CNC(=O)Cn3ccnc3-c3ccccc3)cn2c1. The van der Waals surface area contributed by atoms with E-state index < -0.39 is 0 Å². The van der Waals surface area contributed by atoms with Crippen molar-refractivity contribution in [2.45, 2.75) is 20.0 Å². The van der Waals surface area contributed by atoms with E-state index in [0.717, 1.165) is 22.7 Å². The molecule has 0 saturated carbocycles. The second kappa shape index (κ2) is 6.84. The zero-order valence-electron chi connectivity index (χ0n) is 14.5. The Morgan fingerprint density at radius 3 is 2.81 bits per heavy atom. The average molecular weight is 345 g/mol. The number of hydrogen-bond acceptors (Lipinski definition) is 3. The van der Waals surface area contributed by atoms with Gasteiger partial charge in [-0.2, -0.15) is 0 Å². The maximum atomic E-state index is 12.3. The fourth-order valence-electron chi connectivity index (χ4n) is 2.92. The highest BCUT2D eigenvalue weighted by Gasteiger charge is 2.10. The molecule has 0 aliphatic heterocycles. The lowest BCUT2D eigenvalue weighted by Gasteiger charge is -2.08. The van der Waals surface area contributed by atoms with Crippen molar-refractivity contribution in [3.05, 3.63) is 78.5 Å². The fraction of sp³-hybridized carbons (Fsp3) is 0.150. The third-order valence-corrected chi connectivity index (χ3v) is 4.18. The normalized spacial score (nSPS) is 11.0. The zero-order chi connectivity index (χ0) is 17.9. The molecule has 6 heteroatoms. The van der Waals surface area contributed by atoms with E-state index in [4.69, 9.17) is 0 Å². The smallest absolute Gasteiger partial charge is 0.240 e. The predicted octanol–water partition coefficient (Wildman–Crippen LogP) is 2.82. The molecule has 1 amide bonds. The molecule has 0 atom stereocenters. The lowest BCUT2D eigenvalue weighted by molar-refractivity contribution is -0.121. The predicted molar refractivity (Wildman–Crippen MR) is 99.4 cm³/mol. The van der Waals surface area contributed by atoms with Gasteiger partial charge in [0.15, 0.2) is 0 Å². The fourth-order valence-corrected chi connectivity index (χ4v) is 2.92. The third-order valence-electron chi connectivity index (χ3n) is 4.18. The van der Waals surface area contributed by atoms with Crippen LogP contribution in [0.15, 0.2) is 67.3 Å². The van der Waals surface area contributed by atoms with E-state index in [-0.39, 0.29) is 12.5 Å². The molecule has 3 heterocycles. The van der Waals surface area contributed by atoms with E-state index in [9.17, 15) is 4.79 Å². The standard InChI is InChI=1S/C20H19N5O/c1-15-7-8-18-23-17(13-25(18)12-15)11-22-19(26)14-24-10-9-21-20(24)16-5-3-2-4-6-16/h2-10,12-13H,11,14H2,1H3,(H,22,26). The Bertz CT molecular complexity index is 1050. The maximum Gasteiger partial charge on any atom is 0.240 e. The van der Waals surface area contributed by atoms with Gasteiger partial charge in [0.25, 0.3) is 0 Å². The molecule has 1 N–H and O–H groups in total. The van der Waals surface area contributed by atoms with Crippen LogP contribution in [-0.2, 0) is 17.9 Å². The van der Waals surface area contributed by atoms with Crippen molar-refractivity contribution in [3.8, 4) is 11.4 Å². The van der Waals surface area contributed by atoms with Crippen LogP contribution in [0.3, 0.4) is 0 Å². The van der Waals surface area contributed by atoms with Gasteiger partial charge in [-0.15, -0.1) is 0 Å². The molecule has 6 nitrogen and oxygen atoms in total. The number of nitrogens with one attached hydrogen (secondary N) is 1. The van der Waals surface area contributed by atoms with Gasteiger partial charge in [0.05, 0.1) is 12.2 Å². The summed E-state index contributed by atoms with van der Waals surface area (Å²) < 4.78 is 3.82. The van der Waals surface area contributed by atoms with E-state index in [2.05, 4.69) is 15.3 Å². The molecule has 130 valence electrons. The van der Waals surface area contributed by atoms with Crippen LogP contribution in [0.1, 0.15) is 11.3 Å². The topological polar surface area (TPSA) is 64.2 Å². The first-order valence-corrected chi connectivity index (χ1v) is 8.46. The monoisotopic (exact) mass is 345 g/mol. The summed E-state index contributed by atoms with van der Waals surface area (Å²) in [7, 11) is 0. The molecule has 0 aliphatic rings. The highest BCUT2D eigenvalue weighted by Crippen LogP contribution is 2.16. The van der Waals surface area contributed by atoms with Crippen LogP contribution in [0, 0.1) is 6.92 Å². The second-order valence-electron chi connectivity index (χ2n) is 6.23. The number of carbonyl (C=O) groups is 1. The number of carbonyl (C=O) groups excluding carboxylic acids is 1. The lowest BCUT2D eigenvalue weighted by atomic mass is 10.2. The first-order chi connectivity index (χ1) is 12.7. The van der Waals surface area contributed by atoms with Crippen LogP contribution in [0.2, 0.25) is 0 Å². The molecule has 0 unspecified atom stereocenters. The Hall–Kier alpha value is -3.41. The minimum Gasteiger partial charge on any atom is -0.349 e. The summed E-state index contributed by atoms with van der Waals surface area (Å²) >= 11 is 0. The van der Waals surface area contributed by atoms with Gasteiger partial charge < -0.3 is 14.3 Å². The molecular formula is C20H19N5O. The van der Waals surface area contributed by atoms with Gasteiger partial charge in [-0.05, 0) is 18.6 Å². The molecule has 0 aliphatic carbocycles. The summed E-state index contributed by atoms with van der Waals surface area (Å²) in [6.45, 7) is 2.65. The molecule has 0 saturated heterocycles. The molecule has 0 radical (unpaired) electrons. The number of amides is 1.